The summed E-state index contributed by atoms with van der Waals surface area (Å²) in [5.74, 6) is -0.921. The third-order valence-corrected chi connectivity index (χ3v) is 4.05. The van der Waals surface area contributed by atoms with Crippen LogP contribution in [0, 0.1) is 10.1 Å². The molecule has 27 heavy (non-hydrogen) atoms. The van der Waals surface area contributed by atoms with Crippen molar-refractivity contribution in [2.75, 3.05) is 11.1 Å². The normalized spacial score (nSPS) is 12.9. The molecule has 1 heterocycles. The van der Waals surface area contributed by atoms with Crippen molar-refractivity contribution in [2.24, 2.45) is 0 Å². The van der Waals surface area contributed by atoms with Gasteiger partial charge in [-0.3, -0.25) is 14.9 Å². The summed E-state index contributed by atoms with van der Waals surface area (Å²) in [7, 11) is 0. The Labute approximate surface area is 155 Å². The quantitative estimate of drug-likeness (QED) is 0.327. The lowest BCUT2D eigenvalue weighted by atomic mass is 10.2. The summed E-state index contributed by atoms with van der Waals surface area (Å²) in [6, 6.07) is 5.28. The number of nitro groups is 1. The van der Waals surface area contributed by atoms with Crippen LogP contribution in [0.25, 0.3) is 0 Å². The minimum absolute atomic E-state index is 0.0688. The van der Waals surface area contributed by atoms with Gasteiger partial charge >= 0.3 is 5.97 Å². The molecule has 1 amide bonds. The summed E-state index contributed by atoms with van der Waals surface area (Å²) in [5, 5.41) is 17.7. The van der Waals surface area contributed by atoms with Gasteiger partial charge in [-0.2, -0.15) is 5.10 Å². The first-order valence-electron chi connectivity index (χ1n) is 8.33. The molecule has 0 saturated carbocycles. The lowest BCUT2D eigenvalue weighted by molar-refractivity contribution is -0.383. The van der Waals surface area contributed by atoms with Crippen LogP contribution >= 0.6 is 0 Å². The molecule has 0 saturated heterocycles. The summed E-state index contributed by atoms with van der Waals surface area (Å²) in [5.41, 5.74) is 4.96. The van der Waals surface area contributed by atoms with Gasteiger partial charge in [0.2, 0.25) is 0 Å². The second-order valence-corrected chi connectivity index (χ2v) is 5.99. The number of carbonyl (C=O) groups is 2. The molecule has 0 aliphatic heterocycles. The topological polar surface area (TPSA) is 142 Å². The first-order valence-corrected chi connectivity index (χ1v) is 8.33. The summed E-state index contributed by atoms with van der Waals surface area (Å²) >= 11 is 0. The van der Waals surface area contributed by atoms with E-state index in [2.05, 4.69) is 10.4 Å². The third-order valence-electron chi connectivity index (χ3n) is 4.05. The Morgan fingerprint density at radius 2 is 2.07 bits per heavy atom. The Morgan fingerprint density at radius 1 is 1.37 bits per heavy atom. The molecule has 10 nitrogen and oxygen atoms in total. The first-order chi connectivity index (χ1) is 12.7. The van der Waals surface area contributed by atoms with Crippen molar-refractivity contribution in [3.8, 4) is 0 Å². The number of rotatable bonds is 7. The third kappa shape index (κ3) is 4.60. The standard InChI is InChI=1S/C17H21N5O5/c1-4-10(2)21-15(7-8-19-21)20-16(23)11(3)27-17(24)12-5-6-13(18)14(9-12)22(25)26/h5-11H,4,18H2,1-3H3,(H,20,23)/t10-,11+/m1/s1. The van der Waals surface area contributed by atoms with Crippen molar-refractivity contribution < 1.29 is 19.2 Å². The van der Waals surface area contributed by atoms with E-state index in [-0.39, 0.29) is 17.3 Å². The average Bonchev–Trinajstić information content (AvgIpc) is 3.09. The number of esters is 1. The summed E-state index contributed by atoms with van der Waals surface area (Å²) in [6.07, 6.45) is 1.27. The van der Waals surface area contributed by atoms with Gasteiger partial charge in [-0.1, -0.05) is 6.92 Å². The molecular formula is C17H21N5O5. The fraction of sp³-hybridized carbons (Fsp3) is 0.353. The number of anilines is 2. The van der Waals surface area contributed by atoms with E-state index in [1.807, 2.05) is 13.8 Å². The number of nitrogens with zero attached hydrogens (tertiary/aromatic N) is 3. The molecule has 0 aliphatic carbocycles. The van der Waals surface area contributed by atoms with E-state index in [1.54, 1.807) is 16.9 Å². The predicted octanol–water partition coefficient (Wildman–Crippen LogP) is 2.53. The zero-order chi connectivity index (χ0) is 20.1. The van der Waals surface area contributed by atoms with E-state index in [1.165, 1.54) is 19.1 Å². The largest absolute Gasteiger partial charge is 0.449 e. The maximum atomic E-state index is 12.3. The molecule has 3 N–H and O–H groups in total. The van der Waals surface area contributed by atoms with E-state index < -0.39 is 28.6 Å². The van der Waals surface area contributed by atoms with Gasteiger partial charge in [-0.05, 0) is 32.4 Å². The maximum absolute atomic E-state index is 12.3. The van der Waals surface area contributed by atoms with Crippen LogP contribution in [0.15, 0.2) is 30.5 Å². The first kappa shape index (κ1) is 19.9. The highest BCUT2D eigenvalue weighted by atomic mass is 16.6. The Kier molecular flexibility index (Phi) is 6.11. The lowest BCUT2D eigenvalue weighted by Crippen LogP contribution is -2.31. The van der Waals surface area contributed by atoms with E-state index in [4.69, 9.17) is 10.5 Å². The van der Waals surface area contributed by atoms with Gasteiger partial charge < -0.3 is 15.8 Å². The highest BCUT2D eigenvalue weighted by Crippen LogP contribution is 2.23. The number of carbonyl (C=O) groups excluding carboxylic acids is 2. The number of hydrogen-bond donors (Lipinski definition) is 2. The molecule has 2 rings (SSSR count). The zero-order valence-electron chi connectivity index (χ0n) is 15.2. The van der Waals surface area contributed by atoms with E-state index >= 15 is 0 Å². The van der Waals surface area contributed by atoms with Crippen molar-refractivity contribution in [3.05, 3.63) is 46.1 Å². The monoisotopic (exact) mass is 375 g/mol. The Morgan fingerprint density at radius 3 is 2.70 bits per heavy atom. The molecule has 2 aromatic rings. The molecule has 0 bridgehead atoms. The lowest BCUT2D eigenvalue weighted by Gasteiger charge is -2.17. The van der Waals surface area contributed by atoms with Crippen molar-refractivity contribution >= 4 is 29.1 Å². The Balaban J connectivity index is 2.06. The van der Waals surface area contributed by atoms with Gasteiger partial charge in [-0.25, -0.2) is 9.48 Å². The molecule has 10 heteroatoms. The Bertz CT molecular complexity index is 863. The molecule has 0 fully saturated rings. The number of hydrogen-bond acceptors (Lipinski definition) is 7. The maximum Gasteiger partial charge on any atom is 0.339 e. The van der Waals surface area contributed by atoms with E-state index in [0.717, 1.165) is 12.5 Å². The van der Waals surface area contributed by atoms with Gasteiger partial charge in [0.1, 0.15) is 11.5 Å². The van der Waals surface area contributed by atoms with Gasteiger partial charge in [0.25, 0.3) is 11.6 Å². The number of benzene rings is 1. The molecule has 1 aromatic carbocycles. The van der Waals surface area contributed by atoms with Gasteiger partial charge in [0, 0.05) is 12.1 Å². The molecular weight excluding hydrogens is 354 g/mol. The second-order valence-electron chi connectivity index (χ2n) is 5.99. The summed E-state index contributed by atoms with van der Waals surface area (Å²) in [6.45, 7) is 5.36. The minimum atomic E-state index is -1.12. The molecule has 144 valence electrons. The van der Waals surface area contributed by atoms with Crippen LogP contribution in [-0.4, -0.2) is 32.7 Å². The molecule has 0 aliphatic rings. The van der Waals surface area contributed by atoms with E-state index in [9.17, 15) is 19.7 Å². The van der Waals surface area contributed by atoms with Gasteiger partial charge in [0.15, 0.2) is 6.10 Å². The highest BCUT2D eigenvalue weighted by Gasteiger charge is 2.23. The summed E-state index contributed by atoms with van der Waals surface area (Å²) < 4.78 is 6.77. The number of nitrogen functional groups attached to an aromatic ring is 1. The predicted molar refractivity (Wildman–Crippen MR) is 98.2 cm³/mol. The molecule has 0 spiro atoms. The van der Waals surface area contributed by atoms with Crippen LogP contribution in [-0.2, 0) is 9.53 Å². The summed E-state index contributed by atoms with van der Waals surface area (Å²) in [4.78, 5) is 34.7. The number of nitro benzene ring substituents is 1. The fourth-order valence-electron chi connectivity index (χ4n) is 2.28. The molecule has 2 atom stereocenters. The minimum Gasteiger partial charge on any atom is -0.449 e. The zero-order valence-corrected chi connectivity index (χ0v) is 15.2. The van der Waals surface area contributed by atoms with Crippen molar-refractivity contribution in [1.82, 2.24) is 9.78 Å². The number of amides is 1. The highest BCUT2D eigenvalue weighted by molar-refractivity contribution is 5.97. The van der Waals surface area contributed by atoms with Crippen LogP contribution in [0.4, 0.5) is 17.2 Å². The van der Waals surface area contributed by atoms with Crippen LogP contribution < -0.4 is 11.1 Å². The second kappa shape index (κ2) is 8.30. The number of ether oxygens (including phenoxy) is 1. The smallest absolute Gasteiger partial charge is 0.339 e. The number of nitrogens with one attached hydrogen (secondary N) is 1. The fourth-order valence-corrected chi connectivity index (χ4v) is 2.28. The average molecular weight is 375 g/mol. The molecule has 0 unspecified atom stereocenters. The number of aromatic nitrogens is 2. The van der Waals surface area contributed by atoms with Gasteiger partial charge in [-0.15, -0.1) is 0 Å². The van der Waals surface area contributed by atoms with Crippen LogP contribution in [0.3, 0.4) is 0 Å². The van der Waals surface area contributed by atoms with Gasteiger partial charge in [0.05, 0.1) is 22.7 Å². The molecule has 0 radical (unpaired) electrons. The number of nitrogens with two attached hydrogens (primary N) is 1. The van der Waals surface area contributed by atoms with E-state index in [0.29, 0.717) is 5.82 Å². The van der Waals surface area contributed by atoms with Crippen molar-refractivity contribution in [1.29, 1.82) is 0 Å². The molecule has 1 aromatic heterocycles. The Hall–Kier alpha value is -3.43. The van der Waals surface area contributed by atoms with Crippen molar-refractivity contribution in [3.63, 3.8) is 0 Å². The van der Waals surface area contributed by atoms with Crippen LogP contribution in [0.2, 0.25) is 0 Å². The van der Waals surface area contributed by atoms with Crippen molar-refractivity contribution in [2.45, 2.75) is 39.3 Å². The SMILES string of the molecule is CC[C@@H](C)n1nccc1NC(=O)[C@H](C)OC(=O)c1ccc(N)c([N+](=O)[O-])c1. The van der Waals surface area contributed by atoms with Crippen LogP contribution in [0.5, 0.6) is 0 Å². The van der Waals surface area contributed by atoms with Crippen LogP contribution in [0.1, 0.15) is 43.6 Å².